The van der Waals surface area contributed by atoms with Crippen LogP contribution in [0.4, 0.5) is 0 Å². The van der Waals surface area contributed by atoms with Gasteiger partial charge in [0.1, 0.15) is 24.7 Å². The third kappa shape index (κ3) is 5.78. The zero-order valence-electron chi connectivity index (χ0n) is 21.7. The number of halogens is 1. The van der Waals surface area contributed by atoms with Gasteiger partial charge in [-0.15, -0.1) is 0 Å². The number of hydrogen-bond donors (Lipinski definition) is 0. The van der Waals surface area contributed by atoms with Crippen LogP contribution >= 0.6 is 11.6 Å². The molecule has 2 aromatic carbocycles. The Bertz CT molecular complexity index is 1320. The maximum atomic E-state index is 12.2. The smallest absolute Gasteiger partial charge is 0.310 e. The molecule has 196 valence electrons. The minimum absolute atomic E-state index is 0.0334. The molecule has 0 saturated carbocycles. The molecule has 1 aromatic heterocycles. The zero-order valence-corrected chi connectivity index (χ0v) is 22.5. The van der Waals surface area contributed by atoms with E-state index in [0.29, 0.717) is 25.0 Å². The van der Waals surface area contributed by atoms with Crippen molar-refractivity contribution in [3.63, 3.8) is 0 Å². The Labute approximate surface area is 222 Å². The van der Waals surface area contributed by atoms with Gasteiger partial charge in [0.2, 0.25) is 0 Å². The topological polar surface area (TPSA) is 65.8 Å². The second-order valence-corrected chi connectivity index (χ2v) is 10.4. The summed E-state index contributed by atoms with van der Waals surface area (Å²) >= 11 is 6.38. The van der Waals surface area contributed by atoms with Crippen molar-refractivity contribution in [2.45, 2.75) is 46.3 Å². The van der Waals surface area contributed by atoms with Gasteiger partial charge >= 0.3 is 5.97 Å². The number of aromatic nitrogens is 2. The van der Waals surface area contributed by atoms with E-state index in [1.54, 1.807) is 0 Å². The first kappa shape index (κ1) is 25.6. The van der Waals surface area contributed by atoms with Gasteiger partial charge in [-0.25, -0.2) is 0 Å². The van der Waals surface area contributed by atoms with Gasteiger partial charge in [-0.05, 0) is 81.6 Å². The lowest BCUT2D eigenvalue weighted by molar-refractivity contribution is -0.149. The van der Waals surface area contributed by atoms with Gasteiger partial charge in [-0.3, -0.25) is 14.4 Å². The number of fused-ring (bicyclic) bond motifs is 2. The van der Waals surface area contributed by atoms with Gasteiger partial charge in [0.25, 0.3) is 0 Å². The molecule has 7 nitrogen and oxygen atoms in total. The van der Waals surface area contributed by atoms with E-state index >= 15 is 0 Å². The summed E-state index contributed by atoms with van der Waals surface area (Å²) in [4.78, 5) is 14.5. The quantitative estimate of drug-likeness (QED) is 0.342. The fourth-order valence-electron chi connectivity index (χ4n) is 5.11. The number of benzene rings is 2. The number of esters is 1. The van der Waals surface area contributed by atoms with Crippen LogP contribution in [0.3, 0.4) is 0 Å². The standard InChI is InChI=1S/C29H34ClN3O4/c1-4-35-29(34)23-6-5-11-32(16-23)15-21-12-22-8-9-24(14-27(22)37-18-21)36-17-20-7-10-26-25(13-20)28(30)31-33(26)19(2)3/h7-10,12-14,19,23H,4-6,11,15-18H2,1-3H3/t23-/m0/s1. The molecule has 0 unspecified atom stereocenters. The Hall–Kier alpha value is -3.03. The molecule has 37 heavy (non-hydrogen) atoms. The normalized spacial score (nSPS) is 17.9. The van der Waals surface area contributed by atoms with Gasteiger partial charge in [-0.1, -0.05) is 17.7 Å². The first-order valence-electron chi connectivity index (χ1n) is 13.1. The molecule has 5 rings (SSSR count). The average Bonchev–Trinajstić information content (AvgIpc) is 3.24. The summed E-state index contributed by atoms with van der Waals surface area (Å²) in [7, 11) is 0. The van der Waals surface area contributed by atoms with Gasteiger partial charge in [0.05, 0.1) is 18.0 Å². The summed E-state index contributed by atoms with van der Waals surface area (Å²) in [5.74, 6) is 1.47. The van der Waals surface area contributed by atoms with Crippen molar-refractivity contribution >= 4 is 34.5 Å². The van der Waals surface area contributed by atoms with E-state index in [1.807, 2.05) is 41.9 Å². The fourth-order valence-corrected chi connectivity index (χ4v) is 5.34. The molecule has 2 aliphatic heterocycles. The Morgan fingerprint density at radius 3 is 2.92 bits per heavy atom. The second-order valence-electron chi connectivity index (χ2n) is 10.1. The Morgan fingerprint density at radius 1 is 1.24 bits per heavy atom. The van der Waals surface area contributed by atoms with Gasteiger partial charge in [0.15, 0.2) is 5.15 Å². The highest BCUT2D eigenvalue weighted by Gasteiger charge is 2.27. The van der Waals surface area contributed by atoms with E-state index in [1.165, 1.54) is 5.57 Å². The minimum atomic E-state index is -0.0763. The van der Waals surface area contributed by atoms with E-state index < -0.39 is 0 Å². The Balaban J connectivity index is 1.21. The number of rotatable bonds is 8. The number of piperidine rings is 1. The van der Waals surface area contributed by atoms with Gasteiger partial charge in [-0.2, -0.15) is 5.10 Å². The van der Waals surface area contributed by atoms with Crippen LogP contribution in [0.2, 0.25) is 5.15 Å². The minimum Gasteiger partial charge on any atom is -0.489 e. The highest BCUT2D eigenvalue weighted by Crippen LogP contribution is 2.32. The monoisotopic (exact) mass is 523 g/mol. The van der Waals surface area contributed by atoms with Crippen molar-refractivity contribution in [2.24, 2.45) is 5.92 Å². The van der Waals surface area contributed by atoms with Crippen molar-refractivity contribution in [3.05, 3.63) is 58.3 Å². The molecule has 3 aromatic rings. The first-order chi connectivity index (χ1) is 17.9. The van der Waals surface area contributed by atoms with E-state index in [2.05, 4.69) is 36.0 Å². The highest BCUT2D eigenvalue weighted by molar-refractivity contribution is 6.34. The van der Waals surface area contributed by atoms with Gasteiger partial charge < -0.3 is 14.2 Å². The number of ether oxygens (including phenoxy) is 3. The van der Waals surface area contributed by atoms with Crippen LogP contribution in [0.1, 0.15) is 50.8 Å². The largest absolute Gasteiger partial charge is 0.489 e. The number of carbonyl (C=O) groups excluding carboxylic acids is 1. The molecule has 0 N–H and O–H groups in total. The Kier molecular flexibility index (Phi) is 7.72. The lowest BCUT2D eigenvalue weighted by atomic mass is 9.97. The average molecular weight is 524 g/mol. The predicted octanol–water partition coefficient (Wildman–Crippen LogP) is 5.90. The predicted molar refractivity (Wildman–Crippen MR) is 145 cm³/mol. The summed E-state index contributed by atoms with van der Waals surface area (Å²) in [6, 6.07) is 12.3. The van der Waals surface area contributed by atoms with E-state index in [9.17, 15) is 4.79 Å². The van der Waals surface area contributed by atoms with Crippen LogP contribution in [0.5, 0.6) is 11.5 Å². The van der Waals surface area contributed by atoms with Crippen molar-refractivity contribution in [1.29, 1.82) is 0 Å². The lowest BCUT2D eigenvalue weighted by Crippen LogP contribution is -2.40. The maximum Gasteiger partial charge on any atom is 0.310 e. The van der Waals surface area contributed by atoms with Crippen LogP contribution in [0.25, 0.3) is 17.0 Å². The summed E-state index contributed by atoms with van der Waals surface area (Å²) < 4.78 is 19.3. The van der Waals surface area contributed by atoms with Crippen LogP contribution < -0.4 is 9.47 Å². The molecule has 0 amide bonds. The first-order valence-corrected chi connectivity index (χ1v) is 13.4. The van der Waals surface area contributed by atoms with Crippen LogP contribution in [-0.2, 0) is 16.1 Å². The molecule has 3 heterocycles. The van der Waals surface area contributed by atoms with E-state index in [-0.39, 0.29) is 17.9 Å². The van der Waals surface area contributed by atoms with E-state index in [0.717, 1.165) is 66.0 Å². The number of likely N-dealkylation sites (tertiary alicyclic amines) is 1. The van der Waals surface area contributed by atoms with Crippen molar-refractivity contribution in [1.82, 2.24) is 14.7 Å². The highest BCUT2D eigenvalue weighted by atomic mass is 35.5. The van der Waals surface area contributed by atoms with Crippen molar-refractivity contribution in [3.8, 4) is 11.5 Å². The van der Waals surface area contributed by atoms with Crippen molar-refractivity contribution < 1.29 is 19.0 Å². The summed E-state index contributed by atoms with van der Waals surface area (Å²) in [6.07, 6.45) is 4.10. The fraction of sp³-hybridized carbons (Fsp3) is 0.448. The Morgan fingerprint density at radius 2 is 2.11 bits per heavy atom. The molecule has 8 heteroatoms. The summed E-state index contributed by atoms with van der Waals surface area (Å²) in [6.45, 7) is 9.96. The third-order valence-corrected chi connectivity index (χ3v) is 7.21. The summed E-state index contributed by atoms with van der Waals surface area (Å²) in [5, 5.41) is 5.90. The molecule has 0 aliphatic carbocycles. The number of nitrogens with zero attached hydrogens (tertiary/aromatic N) is 3. The molecule has 1 saturated heterocycles. The molecule has 0 spiro atoms. The molecule has 1 atom stereocenters. The van der Waals surface area contributed by atoms with Crippen LogP contribution in [0.15, 0.2) is 42.0 Å². The van der Waals surface area contributed by atoms with Gasteiger partial charge in [0, 0.05) is 36.1 Å². The lowest BCUT2D eigenvalue weighted by Gasteiger charge is -2.32. The summed E-state index contributed by atoms with van der Waals surface area (Å²) in [5.41, 5.74) is 4.30. The molecule has 2 aliphatic rings. The molecular formula is C29H34ClN3O4. The maximum absolute atomic E-state index is 12.2. The number of carbonyl (C=O) groups is 1. The molecular weight excluding hydrogens is 490 g/mol. The zero-order chi connectivity index (χ0) is 25.9. The van der Waals surface area contributed by atoms with E-state index in [4.69, 9.17) is 25.8 Å². The molecule has 0 radical (unpaired) electrons. The molecule has 1 fully saturated rings. The molecule has 0 bridgehead atoms. The van der Waals surface area contributed by atoms with Crippen molar-refractivity contribution in [2.75, 3.05) is 32.8 Å². The number of hydrogen-bond acceptors (Lipinski definition) is 6. The third-order valence-electron chi connectivity index (χ3n) is 6.93. The van der Waals surface area contributed by atoms with Crippen LogP contribution in [0, 0.1) is 5.92 Å². The SMILES string of the molecule is CCOC(=O)[C@H]1CCCN(CC2=Cc3ccc(OCc4ccc5c(c4)c(Cl)nn5C(C)C)cc3OC2)C1. The second kappa shape index (κ2) is 11.2. The van der Waals surface area contributed by atoms with Crippen LogP contribution in [-0.4, -0.2) is 53.5 Å².